The zero-order chi connectivity index (χ0) is 19.2. The molecule has 0 bridgehead atoms. The summed E-state index contributed by atoms with van der Waals surface area (Å²) in [7, 11) is 0. The summed E-state index contributed by atoms with van der Waals surface area (Å²) < 4.78 is 4.96. The van der Waals surface area contributed by atoms with Crippen molar-refractivity contribution < 1.29 is 29.1 Å². The molecule has 1 unspecified atom stereocenters. The molecule has 0 aromatic heterocycles. The number of unbranched alkanes of at least 4 members (excludes halogenated alkanes) is 2. The Kier molecular flexibility index (Phi) is 11.1. The first-order valence-electron chi connectivity index (χ1n) is 9.41. The Balaban J connectivity index is 2.26. The SMILES string of the molecule is CCCCc1ccc(C(=O)OOOC(=O)OCC(CC)CCCC)cc1. The van der Waals surface area contributed by atoms with Gasteiger partial charge in [-0.05, 0) is 42.9 Å². The predicted molar refractivity (Wildman–Crippen MR) is 97.3 cm³/mol. The Hall–Kier alpha value is -2.08. The molecule has 0 radical (unpaired) electrons. The first kappa shape index (κ1) is 22.0. The van der Waals surface area contributed by atoms with Crippen LogP contribution in [-0.2, 0) is 26.0 Å². The molecule has 1 atom stereocenters. The van der Waals surface area contributed by atoms with Crippen molar-refractivity contribution in [3.05, 3.63) is 35.4 Å². The van der Waals surface area contributed by atoms with Crippen molar-refractivity contribution in [2.45, 2.75) is 65.7 Å². The summed E-state index contributed by atoms with van der Waals surface area (Å²) in [6, 6.07) is 7.02. The molecule has 146 valence electrons. The van der Waals surface area contributed by atoms with Gasteiger partial charge in [-0.25, -0.2) is 14.5 Å². The van der Waals surface area contributed by atoms with Gasteiger partial charge in [0.1, 0.15) is 0 Å². The molecule has 0 saturated carbocycles. The van der Waals surface area contributed by atoms with E-state index in [4.69, 9.17) is 4.74 Å². The minimum atomic E-state index is -1.03. The van der Waals surface area contributed by atoms with Crippen LogP contribution in [0.25, 0.3) is 0 Å². The first-order chi connectivity index (χ1) is 12.6. The highest BCUT2D eigenvalue weighted by molar-refractivity contribution is 5.88. The molecular formula is C20H30O6. The molecule has 1 rings (SSSR count). The largest absolute Gasteiger partial charge is 0.543 e. The molecule has 0 saturated heterocycles. The molecular weight excluding hydrogens is 336 g/mol. The Labute approximate surface area is 155 Å². The van der Waals surface area contributed by atoms with Gasteiger partial charge < -0.3 is 4.74 Å². The lowest BCUT2D eigenvalue weighted by molar-refractivity contribution is -0.452. The lowest BCUT2D eigenvalue weighted by Gasteiger charge is -2.13. The Bertz CT molecular complexity index is 526. The second kappa shape index (κ2) is 13.2. The van der Waals surface area contributed by atoms with Gasteiger partial charge in [0.05, 0.1) is 17.2 Å². The van der Waals surface area contributed by atoms with Crippen LogP contribution in [0.3, 0.4) is 0 Å². The summed E-state index contributed by atoms with van der Waals surface area (Å²) in [5, 5.41) is 4.23. The van der Waals surface area contributed by atoms with Crippen molar-refractivity contribution in [3.63, 3.8) is 0 Å². The number of hydrogen-bond donors (Lipinski definition) is 0. The molecule has 6 nitrogen and oxygen atoms in total. The second-order valence-corrected chi connectivity index (χ2v) is 6.30. The number of aryl methyl sites for hydroxylation is 1. The van der Waals surface area contributed by atoms with E-state index in [-0.39, 0.29) is 12.5 Å². The van der Waals surface area contributed by atoms with E-state index in [0.29, 0.717) is 5.56 Å². The average molecular weight is 366 g/mol. The number of benzene rings is 1. The van der Waals surface area contributed by atoms with E-state index >= 15 is 0 Å². The molecule has 0 N–H and O–H groups in total. The summed E-state index contributed by atoms with van der Waals surface area (Å²) in [4.78, 5) is 32.0. The summed E-state index contributed by atoms with van der Waals surface area (Å²) in [5.41, 5.74) is 1.46. The van der Waals surface area contributed by atoms with Crippen LogP contribution in [0, 0.1) is 5.92 Å². The molecule has 0 fully saturated rings. The number of ether oxygens (including phenoxy) is 1. The Morgan fingerprint density at radius 2 is 1.65 bits per heavy atom. The van der Waals surface area contributed by atoms with E-state index in [9.17, 15) is 9.59 Å². The summed E-state index contributed by atoms with van der Waals surface area (Å²) in [5.74, 6) is -0.453. The van der Waals surface area contributed by atoms with Gasteiger partial charge in [-0.2, -0.15) is 0 Å². The normalized spacial score (nSPS) is 11.7. The maximum atomic E-state index is 11.8. The molecule has 1 aromatic carbocycles. The van der Waals surface area contributed by atoms with E-state index in [1.165, 1.54) is 0 Å². The highest BCUT2D eigenvalue weighted by atomic mass is 17.5. The van der Waals surface area contributed by atoms with Crippen LogP contribution in [0.2, 0.25) is 0 Å². The van der Waals surface area contributed by atoms with Crippen molar-refractivity contribution in [2.75, 3.05) is 6.61 Å². The molecule has 26 heavy (non-hydrogen) atoms. The standard InChI is InChI=1S/C20H30O6/c1-4-7-9-16(6-3)15-23-20(22)25-26-24-19(21)18-13-11-17(12-14-18)10-8-5-2/h11-14,16H,4-10,15H2,1-3H3. The molecule has 0 aliphatic heterocycles. The fourth-order valence-electron chi connectivity index (χ4n) is 2.42. The zero-order valence-electron chi connectivity index (χ0n) is 16.0. The topological polar surface area (TPSA) is 71.1 Å². The highest BCUT2D eigenvalue weighted by Gasteiger charge is 2.14. The molecule has 0 aliphatic rings. The monoisotopic (exact) mass is 366 g/mol. The first-order valence-corrected chi connectivity index (χ1v) is 9.41. The number of hydrogen-bond acceptors (Lipinski definition) is 6. The van der Waals surface area contributed by atoms with Gasteiger partial charge in [0.25, 0.3) is 0 Å². The maximum absolute atomic E-state index is 11.8. The minimum Gasteiger partial charge on any atom is -0.432 e. The van der Waals surface area contributed by atoms with Crippen LogP contribution in [-0.4, -0.2) is 18.7 Å². The lowest BCUT2D eigenvalue weighted by Crippen LogP contribution is -2.16. The van der Waals surface area contributed by atoms with Crippen molar-refractivity contribution >= 4 is 12.1 Å². The Morgan fingerprint density at radius 1 is 0.962 bits per heavy atom. The van der Waals surface area contributed by atoms with Crippen LogP contribution in [0.15, 0.2) is 24.3 Å². The van der Waals surface area contributed by atoms with Crippen molar-refractivity contribution in [1.82, 2.24) is 0 Å². The molecule has 1 aromatic rings. The summed E-state index contributed by atoms with van der Waals surface area (Å²) >= 11 is 0. The highest BCUT2D eigenvalue weighted by Crippen LogP contribution is 2.13. The maximum Gasteiger partial charge on any atom is 0.543 e. The smallest absolute Gasteiger partial charge is 0.432 e. The number of carbonyl (C=O) groups excluding carboxylic acids is 2. The average Bonchev–Trinajstić information content (AvgIpc) is 2.66. The molecule has 6 heteroatoms. The zero-order valence-corrected chi connectivity index (χ0v) is 16.0. The molecule has 0 aliphatic carbocycles. The van der Waals surface area contributed by atoms with E-state index < -0.39 is 12.1 Å². The van der Waals surface area contributed by atoms with Gasteiger partial charge in [0, 0.05) is 0 Å². The van der Waals surface area contributed by atoms with E-state index in [1.54, 1.807) is 12.1 Å². The third-order valence-electron chi connectivity index (χ3n) is 4.20. The van der Waals surface area contributed by atoms with Gasteiger partial charge in [-0.1, -0.05) is 58.6 Å². The molecule has 0 amide bonds. The van der Waals surface area contributed by atoms with Gasteiger partial charge in [-0.15, -0.1) is 0 Å². The van der Waals surface area contributed by atoms with Gasteiger partial charge in [-0.3, -0.25) is 4.89 Å². The van der Waals surface area contributed by atoms with Gasteiger partial charge in [0.2, 0.25) is 0 Å². The van der Waals surface area contributed by atoms with Crippen LogP contribution in [0.1, 0.15) is 75.2 Å². The lowest BCUT2D eigenvalue weighted by atomic mass is 10.0. The van der Waals surface area contributed by atoms with Crippen LogP contribution in [0.5, 0.6) is 0 Å². The Morgan fingerprint density at radius 3 is 2.27 bits per heavy atom. The molecule has 0 spiro atoms. The van der Waals surface area contributed by atoms with Crippen molar-refractivity contribution in [3.8, 4) is 0 Å². The summed E-state index contributed by atoms with van der Waals surface area (Å²) in [6.45, 7) is 6.54. The predicted octanol–water partition coefficient (Wildman–Crippen LogP) is 5.40. The third-order valence-corrected chi connectivity index (χ3v) is 4.20. The van der Waals surface area contributed by atoms with Crippen LogP contribution in [0.4, 0.5) is 4.79 Å². The quantitative estimate of drug-likeness (QED) is 0.280. The van der Waals surface area contributed by atoms with E-state index in [2.05, 4.69) is 28.7 Å². The van der Waals surface area contributed by atoms with Gasteiger partial charge >= 0.3 is 12.1 Å². The number of carbonyl (C=O) groups is 2. The van der Waals surface area contributed by atoms with Crippen LogP contribution >= 0.6 is 0 Å². The van der Waals surface area contributed by atoms with Crippen molar-refractivity contribution in [2.24, 2.45) is 5.92 Å². The minimum absolute atomic E-state index is 0.256. The summed E-state index contributed by atoms with van der Waals surface area (Å²) in [6.07, 6.45) is 6.24. The second-order valence-electron chi connectivity index (χ2n) is 6.30. The van der Waals surface area contributed by atoms with E-state index in [0.717, 1.165) is 50.5 Å². The molecule has 0 heterocycles. The van der Waals surface area contributed by atoms with Crippen molar-refractivity contribution in [1.29, 1.82) is 0 Å². The van der Waals surface area contributed by atoms with Crippen LogP contribution < -0.4 is 0 Å². The number of rotatable bonds is 12. The van der Waals surface area contributed by atoms with E-state index in [1.807, 2.05) is 19.1 Å². The fourth-order valence-corrected chi connectivity index (χ4v) is 2.42. The fraction of sp³-hybridized carbons (Fsp3) is 0.600. The third kappa shape index (κ3) is 8.85. The van der Waals surface area contributed by atoms with Gasteiger partial charge in [0.15, 0.2) is 0 Å².